The van der Waals surface area contributed by atoms with E-state index in [0.29, 0.717) is 77.4 Å². The number of esters is 1. The van der Waals surface area contributed by atoms with Crippen molar-refractivity contribution in [1.82, 2.24) is 0 Å². The zero-order valence-corrected chi connectivity index (χ0v) is 31.0. The number of ketones is 1. The second kappa shape index (κ2) is 17.1. The molecule has 2 amide bonds. The first-order valence-electron chi connectivity index (χ1n) is 17.0. The molecular formula is C39H44Cl2N2O7. The number of aryl methyl sites for hydroxylation is 3. The van der Waals surface area contributed by atoms with Crippen LogP contribution in [-0.2, 0) is 28.8 Å². The number of carbonyl (C=O) groups is 4. The topological polar surface area (TPSA) is 123 Å². The number of oxime groups is 1. The fourth-order valence-corrected chi connectivity index (χ4v) is 7.19. The number of halogens is 2. The maximum absolute atomic E-state index is 12.7. The highest BCUT2D eigenvalue weighted by Crippen LogP contribution is 2.39. The van der Waals surface area contributed by atoms with Crippen molar-refractivity contribution in [1.29, 1.82) is 0 Å². The van der Waals surface area contributed by atoms with Crippen molar-refractivity contribution in [2.75, 3.05) is 18.1 Å². The molecule has 0 saturated heterocycles. The number of ether oxygens (including phenoxy) is 1. The number of carbonyl (C=O) groups excluding carboxylic acids is 4. The van der Waals surface area contributed by atoms with E-state index >= 15 is 0 Å². The minimum absolute atomic E-state index is 0.0204. The highest BCUT2D eigenvalue weighted by atomic mass is 35.5. The number of aliphatic hydroxyl groups is 1. The van der Waals surface area contributed by atoms with Crippen molar-refractivity contribution in [2.45, 2.75) is 92.4 Å². The Hall–Kier alpha value is -4.21. The van der Waals surface area contributed by atoms with E-state index in [-0.39, 0.29) is 40.9 Å². The first-order valence-corrected chi connectivity index (χ1v) is 17.7. The smallest absolute Gasteiger partial charge is 0.349 e. The maximum Gasteiger partial charge on any atom is 0.349 e. The lowest BCUT2D eigenvalue weighted by Gasteiger charge is -2.27. The lowest BCUT2D eigenvalue weighted by molar-refractivity contribution is -0.137. The van der Waals surface area contributed by atoms with Crippen molar-refractivity contribution >= 4 is 64.2 Å². The number of anilines is 1. The van der Waals surface area contributed by atoms with Crippen LogP contribution in [0, 0.1) is 20.8 Å². The van der Waals surface area contributed by atoms with Crippen molar-refractivity contribution in [3.05, 3.63) is 90.7 Å². The molecular weight excluding hydrogens is 679 g/mol. The van der Waals surface area contributed by atoms with Gasteiger partial charge in [-0.2, -0.15) is 0 Å². The van der Waals surface area contributed by atoms with Crippen LogP contribution in [-0.4, -0.2) is 47.6 Å². The molecule has 3 aliphatic rings. The van der Waals surface area contributed by atoms with Crippen LogP contribution >= 0.6 is 23.2 Å². The van der Waals surface area contributed by atoms with Gasteiger partial charge in [-0.1, -0.05) is 53.0 Å². The number of hydrogen-bond acceptors (Lipinski definition) is 8. The molecule has 9 nitrogen and oxygen atoms in total. The van der Waals surface area contributed by atoms with Gasteiger partial charge >= 0.3 is 5.97 Å². The third-order valence-electron chi connectivity index (χ3n) is 8.89. The summed E-state index contributed by atoms with van der Waals surface area (Å²) in [5, 5.41) is 14.7. The van der Waals surface area contributed by atoms with Gasteiger partial charge in [-0.15, -0.1) is 0 Å². The highest BCUT2D eigenvalue weighted by molar-refractivity contribution is 6.43. The van der Waals surface area contributed by atoms with Crippen molar-refractivity contribution < 1.29 is 33.9 Å². The molecule has 0 bridgehead atoms. The number of hydrogen-bond donors (Lipinski definition) is 1. The molecule has 1 aliphatic heterocycles. The van der Waals surface area contributed by atoms with E-state index in [1.807, 2.05) is 13.8 Å². The third-order valence-corrected chi connectivity index (χ3v) is 9.50. The van der Waals surface area contributed by atoms with Gasteiger partial charge < -0.3 is 14.7 Å². The lowest BCUT2D eigenvalue weighted by atomic mass is 9.78. The molecule has 2 aromatic rings. The summed E-state index contributed by atoms with van der Waals surface area (Å²) in [6.45, 7) is 12.3. The monoisotopic (exact) mass is 722 g/mol. The molecule has 11 heteroatoms. The van der Waals surface area contributed by atoms with Gasteiger partial charge in [0.05, 0.1) is 23.6 Å². The molecule has 1 unspecified atom stereocenters. The largest absolute Gasteiger partial charge is 0.511 e. The number of allylic oxidation sites excluding steroid dienone is 2. The van der Waals surface area contributed by atoms with E-state index in [2.05, 4.69) is 38.1 Å². The van der Waals surface area contributed by atoms with Gasteiger partial charge in [0.25, 0.3) is 11.8 Å². The van der Waals surface area contributed by atoms with E-state index in [1.165, 1.54) is 33.2 Å². The predicted molar refractivity (Wildman–Crippen MR) is 197 cm³/mol. The third kappa shape index (κ3) is 8.56. The number of rotatable bonds is 9. The van der Waals surface area contributed by atoms with E-state index in [9.17, 15) is 24.3 Å². The average molecular weight is 724 g/mol. The summed E-state index contributed by atoms with van der Waals surface area (Å²) >= 11 is 12.1. The highest BCUT2D eigenvalue weighted by Gasteiger charge is 2.40. The van der Waals surface area contributed by atoms with Crippen LogP contribution in [0.3, 0.4) is 0 Å². The van der Waals surface area contributed by atoms with Crippen LogP contribution in [0.4, 0.5) is 5.69 Å². The van der Waals surface area contributed by atoms with E-state index < -0.39 is 5.97 Å². The molecule has 0 fully saturated rings. The number of Topliss-reactive ketones (excluding diaryl/α,β-unsaturated/α-hetero) is 1. The zero-order valence-electron chi connectivity index (χ0n) is 29.5. The number of amides is 2. The molecule has 5 rings (SSSR count). The van der Waals surface area contributed by atoms with E-state index in [1.54, 1.807) is 25.1 Å². The van der Waals surface area contributed by atoms with Crippen molar-refractivity contribution in [3.63, 3.8) is 0 Å². The van der Waals surface area contributed by atoms with Crippen LogP contribution in [0.5, 0.6) is 0 Å². The Morgan fingerprint density at radius 2 is 1.58 bits per heavy atom. The number of nitrogens with zero attached hydrogens (tertiary/aromatic N) is 2. The summed E-state index contributed by atoms with van der Waals surface area (Å²) in [5.41, 5.74) is 7.69. The van der Waals surface area contributed by atoms with E-state index in [0.717, 1.165) is 12.8 Å². The van der Waals surface area contributed by atoms with Crippen LogP contribution in [0.2, 0.25) is 5.02 Å². The van der Waals surface area contributed by atoms with Gasteiger partial charge in [0.1, 0.15) is 17.4 Å². The second-order valence-electron chi connectivity index (χ2n) is 12.5. The van der Waals surface area contributed by atoms with Gasteiger partial charge in [0.2, 0.25) is 0 Å². The second-order valence-corrected chi connectivity index (χ2v) is 13.3. The summed E-state index contributed by atoms with van der Waals surface area (Å²) in [6, 6.07) is 9.01. The quantitative estimate of drug-likeness (QED) is 0.0902. The molecule has 50 heavy (non-hydrogen) atoms. The fraction of sp³-hybridized carbons (Fsp3) is 0.410. The molecule has 2 aromatic carbocycles. The molecule has 0 spiro atoms. The molecule has 1 N–H and O–H groups in total. The molecule has 1 heterocycles. The van der Waals surface area contributed by atoms with Gasteiger partial charge in [0, 0.05) is 29.0 Å². The molecule has 0 aromatic heterocycles. The van der Waals surface area contributed by atoms with Crippen molar-refractivity contribution in [3.8, 4) is 0 Å². The summed E-state index contributed by atoms with van der Waals surface area (Å²) in [7, 11) is 0. The Balaban J connectivity index is 0.000000226. The lowest BCUT2D eigenvalue weighted by Crippen LogP contribution is -2.31. The van der Waals surface area contributed by atoms with Crippen LogP contribution in [0.1, 0.15) is 99.5 Å². The Morgan fingerprint density at radius 1 is 0.960 bits per heavy atom. The molecule has 266 valence electrons. The van der Waals surface area contributed by atoms with Crippen LogP contribution < -0.4 is 4.90 Å². The van der Waals surface area contributed by atoms with Crippen molar-refractivity contribution in [2.24, 2.45) is 5.16 Å². The molecule has 0 radical (unpaired) electrons. The summed E-state index contributed by atoms with van der Waals surface area (Å²) in [4.78, 5) is 56.0. The van der Waals surface area contributed by atoms with Gasteiger partial charge in [-0.3, -0.25) is 14.4 Å². The number of aliphatic hydroxyl groups excluding tert-OH is 1. The van der Waals surface area contributed by atoms with Gasteiger partial charge in [-0.25, -0.2) is 9.69 Å². The van der Waals surface area contributed by atoms with Gasteiger partial charge in [0.15, 0.2) is 5.78 Å². The molecule has 0 saturated carbocycles. The first-order chi connectivity index (χ1) is 23.8. The zero-order chi connectivity index (χ0) is 36.7. The summed E-state index contributed by atoms with van der Waals surface area (Å²) in [6.07, 6.45) is 5.87. The minimum atomic E-state index is -0.666. The van der Waals surface area contributed by atoms with Gasteiger partial charge in [-0.05, 0) is 119 Å². The predicted octanol–water partition coefficient (Wildman–Crippen LogP) is 8.90. The maximum atomic E-state index is 12.7. The summed E-state index contributed by atoms with van der Waals surface area (Å²) < 4.78 is 4.84. The Morgan fingerprint density at radius 3 is 2.12 bits per heavy atom. The minimum Gasteiger partial charge on any atom is -0.511 e. The molecule has 1 atom stereocenters. The number of benzene rings is 2. The fourth-order valence-electron chi connectivity index (χ4n) is 6.84. The first kappa shape index (κ1) is 38.6. The Bertz CT molecular complexity index is 1770. The normalized spacial score (nSPS) is 18.3. The summed E-state index contributed by atoms with van der Waals surface area (Å²) in [5.74, 6) is -1.12. The number of imide groups is 1. The Kier molecular flexibility index (Phi) is 13.2. The average Bonchev–Trinajstić information content (AvgIpc) is 3.32. The molecule has 2 aliphatic carbocycles. The van der Waals surface area contributed by atoms with Crippen LogP contribution in [0.15, 0.2) is 63.0 Å². The Labute approximate surface area is 303 Å². The van der Waals surface area contributed by atoms with Crippen LogP contribution in [0.25, 0.3) is 6.08 Å². The SMILES string of the molecule is CCO/N=C(\CC)C1=C(O)CC(c2c(C)cc(C)cc2C)CC1=O.CCOC(=O)/C(Cl)=C/c1cc(N2C(=O)C3=C(CCCC3)C2=O)ccc1Cl. The standard InChI is InChI=1S/C20H27NO3.C19H17Cl2NO4/c1-6-16(21-24-7-2)20-17(22)10-15(11-18(20)23)19-13(4)8-12(3)9-14(19)5;1-2-26-19(25)16(21)10-11-9-12(7-8-15(11)20)22-17(23)13-5-3-4-6-14(13)18(22)24/h8-9,15,22H,6-7,10-11H2,1-5H3;7-10H,2-6H2,1H3/b21-16+;16-10-. The van der Waals surface area contributed by atoms with E-state index in [4.69, 9.17) is 32.8 Å².